The molecule has 7 heteroatoms. The second-order valence-electron chi connectivity index (χ2n) is 6.26. The van der Waals surface area contributed by atoms with Gasteiger partial charge in [0.25, 0.3) is 0 Å². The third-order valence-corrected chi connectivity index (χ3v) is 4.42. The van der Waals surface area contributed by atoms with Crippen molar-refractivity contribution in [2.45, 2.75) is 13.1 Å². The van der Waals surface area contributed by atoms with E-state index in [0.717, 1.165) is 34.3 Å². The van der Waals surface area contributed by atoms with Gasteiger partial charge in [-0.2, -0.15) is 13.2 Å². The highest BCUT2D eigenvalue weighted by Gasteiger charge is 2.30. The van der Waals surface area contributed by atoms with Crippen LogP contribution in [0.2, 0.25) is 0 Å². The number of fused-ring (bicyclic) bond motifs is 1. The molecule has 0 aliphatic carbocycles. The van der Waals surface area contributed by atoms with Crippen LogP contribution in [0.3, 0.4) is 0 Å². The Morgan fingerprint density at radius 3 is 2.32 bits per heavy atom. The molecule has 0 spiro atoms. The van der Waals surface area contributed by atoms with Crippen molar-refractivity contribution in [1.82, 2.24) is 15.0 Å². The van der Waals surface area contributed by atoms with Crippen molar-refractivity contribution in [2.24, 2.45) is 0 Å². The second kappa shape index (κ2) is 6.92. The number of aryl methyl sites for hydroxylation is 1. The number of halogens is 3. The Hall–Kier alpha value is -3.48. The topological polar surface area (TPSA) is 50.7 Å². The first-order valence-electron chi connectivity index (χ1n) is 8.54. The molecular weight excluding hydrogens is 365 g/mol. The zero-order valence-electron chi connectivity index (χ0n) is 14.8. The monoisotopic (exact) mass is 380 g/mol. The average Bonchev–Trinajstić information content (AvgIpc) is 2.69. The fourth-order valence-electron chi connectivity index (χ4n) is 2.99. The zero-order valence-corrected chi connectivity index (χ0v) is 14.8. The predicted octanol–water partition coefficient (Wildman–Crippen LogP) is 5.76. The van der Waals surface area contributed by atoms with Crippen LogP contribution in [0.15, 0.2) is 67.0 Å². The molecule has 2 aromatic heterocycles. The van der Waals surface area contributed by atoms with E-state index >= 15 is 0 Å². The van der Waals surface area contributed by atoms with Crippen LogP contribution in [0.1, 0.15) is 11.3 Å². The number of benzene rings is 2. The van der Waals surface area contributed by atoms with E-state index in [1.807, 2.05) is 31.2 Å². The highest BCUT2D eigenvalue weighted by atomic mass is 19.4. The van der Waals surface area contributed by atoms with Gasteiger partial charge in [-0.1, -0.05) is 24.3 Å². The third kappa shape index (κ3) is 3.51. The first-order valence-corrected chi connectivity index (χ1v) is 8.54. The lowest BCUT2D eigenvalue weighted by molar-refractivity contribution is -0.137. The molecule has 1 N–H and O–H groups in total. The molecule has 0 saturated carbocycles. The fourth-order valence-corrected chi connectivity index (χ4v) is 2.99. The van der Waals surface area contributed by atoms with Crippen LogP contribution in [0.4, 0.5) is 24.8 Å². The molecule has 0 aliphatic rings. The Morgan fingerprint density at radius 1 is 0.821 bits per heavy atom. The Kier molecular flexibility index (Phi) is 4.43. The van der Waals surface area contributed by atoms with Crippen LogP contribution in [0.5, 0.6) is 0 Å². The summed E-state index contributed by atoms with van der Waals surface area (Å²) in [6.45, 7) is 1.94. The summed E-state index contributed by atoms with van der Waals surface area (Å²) in [5.74, 6) is 0.361. The van der Waals surface area contributed by atoms with Gasteiger partial charge < -0.3 is 5.32 Å². The molecule has 4 rings (SSSR count). The normalized spacial score (nSPS) is 11.6. The minimum Gasteiger partial charge on any atom is -0.324 e. The SMILES string of the molecule is Cc1nccc2c(Nc3nccc(-c4ccc(C(F)(F)F)cc4)n3)cccc12. The molecule has 2 heterocycles. The molecule has 0 bridgehead atoms. The van der Waals surface area contributed by atoms with Crippen molar-refractivity contribution >= 4 is 22.4 Å². The summed E-state index contributed by atoms with van der Waals surface area (Å²) in [7, 11) is 0. The van der Waals surface area contributed by atoms with Crippen molar-refractivity contribution in [3.05, 3.63) is 78.2 Å². The summed E-state index contributed by atoms with van der Waals surface area (Å²) in [6.07, 6.45) is -1.05. The van der Waals surface area contributed by atoms with Gasteiger partial charge in [-0.25, -0.2) is 9.97 Å². The van der Waals surface area contributed by atoms with Gasteiger partial charge in [0.1, 0.15) is 0 Å². The van der Waals surface area contributed by atoms with E-state index in [-0.39, 0.29) is 0 Å². The largest absolute Gasteiger partial charge is 0.416 e. The maximum Gasteiger partial charge on any atom is 0.416 e. The maximum absolute atomic E-state index is 12.7. The van der Waals surface area contributed by atoms with Crippen molar-refractivity contribution in [2.75, 3.05) is 5.32 Å². The summed E-state index contributed by atoms with van der Waals surface area (Å²) in [5.41, 5.74) is 2.16. The minimum absolute atomic E-state index is 0.361. The molecule has 0 fully saturated rings. The first-order chi connectivity index (χ1) is 13.4. The number of anilines is 2. The van der Waals surface area contributed by atoms with Gasteiger partial charge in [-0.3, -0.25) is 4.98 Å². The average molecular weight is 380 g/mol. The van der Waals surface area contributed by atoms with E-state index in [1.165, 1.54) is 12.1 Å². The minimum atomic E-state index is -4.36. The first kappa shape index (κ1) is 17.9. The second-order valence-corrected chi connectivity index (χ2v) is 6.26. The van der Waals surface area contributed by atoms with Gasteiger partial charge >= 0.3 is 6.18 Å². The summed E-state index contributed by atoms with van der Waals surface area (Å²) in [5, 5.41) is 5.19. The molecule has 0 atom stereocenters. The lowest BCUT2D eigenvalue weighted by Crippen LogP contribution is -2.04. The number of hydrogen-bond donors (Lipinski definition) is 1. The molecule has 4 nitrogen and oxygen atoms in total. The van der Waals surface area contributed by atoms with E-state index in [9.17, 15) is 13.2 Å². The molecule has 0 amide bonds. The van der Waals surface area contributed by atoms with Gasteiger partial charge in [0.2, 0.25) is 5.95 Å². The van der Waals surface area contributed by atoms with Crippen LogP contribution >= 0.6 is 0 Å². The Bertz CT molecular complexity index is 1140. The van der Waals surface area contributed by atoms with E-state index in [1.54, 1.807) is 18.5 Å². The molecule has 28 heavy (non-hydrogen) atoms. The highest BCUT2D eigenvalue weighted by molar-refractivity contribution is 5.96. The number of nitrogens with one attached hydrogen (secondary N) is 1. The fraction of sp³-hybridized carbons (Fsp3) is 0.0952. The van der Waals surface area contributed by atoms with Gasteiger partial charge in [0.05, 0.1) is 11.3 Å². The van der Waals surface area contributed by atoms with E-state index in [4.69, 9.17) is 0 Å². The summed E-state index contributed by atoms with van der Waals surface area (Å²) in [6, 6.07) is 14.3. The van der Waals surface area contributed by atoms with Crippen LogP contribution in [-0.2, 0) is 6.18 Å². The van der Waals surface area contributed by atoms with Crippen molar-refractivity contribution in [1.29, 1.82) is 0 Å². The van der Waals surface area contributed by atoms with E-state index in [2.05, 4.69) is 20.3 Å². The Labute approximate surface area is 159 Å². The highest BCUT2D eigenvalue weighted by Crippen LogP contribution is 2.31. The molecule has 2 aromatic carbocycles. The van der Waals surface area contributed by atoms with E-state index < -0.39 is 11.7 Å². The summed E-state index contributed by atoms with van der Waals surface area (Å²) in [4.78, 5) is 13.0. The smallest absolute Gasteiger partial charge is 0.324 e. The third-order valence-electron chi connectivity index (χ3n) is 4.42. The molecule has 0 aliphatic heterocycles. The van der Waals surface area contributed by atoms with Gasteiger partial charge in [0.15, 0.2) is 0 Å². The molecule has 0 saturated heterocycles. The molecule has 4 aromatic rings. The van der Waals surface area contributed by atoms with Crippen molar-refractivity contribution in [3.8, 4) is 11.3 Å². The van der Waals surface area contributed by atoms with Crippen LogP contribution in [0.25, 0.3) is 22.0 Å². The number of alkyl halides is 3. The van der Waals surface area contributed by atoms with Crippen molar-refractivity contribution in [3.63, 3.8) is 0 Å². The Balaban J connectivity index is 1.66. The maximum atomic E-state index is 12.7. The van der Waals surface area contributed by atoms with Crippen LogP contribution in [-0.4, -0.2) is 15.0 Å². The number of nitrogens with zero attached hydrogens (tertiary/aromatic N) is 3. The van der Waals surface area contributed by atoms with Crippen molar-refractivity contribution < 1.29 is 13.2 Å². The Morgan fingerprint density at radius 2 is 1.57 bits per heavy atom. The number of pyridine rings is 1. The summed E-state index contributed by atoms with van der Waals surface area (Å²) >= 11 is 0. The number of rotatable bonds is 3. The van der Waals surface area contributed by atoms with Gasteiger partial charge in [-0.05, 0) is 37.3 Å². The van der Waals surface area contributed by atoms with Crippen LogP contribution in [0, 0.1) is 6.92 Å². The molecule has 0 unspecified atom stereocenters. The van der Waals surface area contributed by atoms with Gasteiger partial charge in [-0.15, -0.1) is 0 Å². The zero-order chi connectivity index (χ0) is 19.7. The van der Waals surface area contributed by atoms with Gasteiger partial charge in [0, 0.05) is 40.1 Å². The molecule has 140 valence electrons. The number of hydrogen-bond acceptors (Lipinski definition) is 4. The molecule has 0 radical (unpaired) electrons. The van der Waals surface area contributed by atoms with E-state index in [0.29, 0.717) is 17.2 Å². The lowest BCUT2D eigenvalue weighted by Gasteiger charge is -2.11. The summed E-state index contributed by atoms with van der Waals surface area (Å²) < 4.78 is 38.2. The quantitative estimate of drug-likeness (QED) is 0.491. The van der Waals surface area contributed by atoms with Crippen LogP contribution < -0.4 is 5.32 Å². The lowest BCUT2D eigenvalue weighted by atomic mass is 10.1. The predicted molar refractivity (Wildman–Crippen MR) is 102 cm³/mol. The number of aromatic nitrogens is 3. The molecular formula is C21H15F3N4. The standard InChI is InChI=1S/C21H15F3N4/c1-13-16-3-2-4-19(17(16)9-11-25-13)28-20-26-12-10-18(27-20)14-5-7-15(8-6-14)21(22,23)24/h2-12H,1H3,(H,26,27,28).